The highest BCUT2D eigenvalue weighted by Gasteiger charge is 2.34. The van der Waals surface area contributed by atoms with E-state index in [9.17, 15) is 15.0 Å². The van der Waals surface area contributed by atoms with E-state index in [-0.39, 0.29) is 31.1 Å². The maximum absolute atomic E-state index is 12.7. The zero-order valence-corrected chi connectivity index (χ0v) is 51.5. The number of aromatic nitrogens is 12. The lowest BCUT2D eigenvalue weighted by atomic mass is 10.0. The molecule has 0 saturated carbocycles. The fourth-order valence-corrected chi connectivity index (χ4v) is 12.4. The number of nitrogens with zero attached hydrogens (tertiary/aromatic N) is 14. The first-order valence-electron chi connectivity index (χ1n) is 30.6. The fraction of sp³-hybridized carbons (Fsp3) is 0.484. The van der Waals surface area contributed by atoms with Gasteiger partial charge in [-0.05, 0) is 155 Å². The first kappa shape index (κ1) is 60.0. The number of rotatable bonds is 12. The molecule has 2 unspecified atom stereocenters. The van der Waals surface area contributed by atoms with E-state index in [1.807, 2.05) is 114 Å². The van der Waals surface area contributed by atoms with Crippen LogP contribution in [0.4, 0.5) is 16.7 Å². The van der Waals surface area contributed by atoms with Crippen molar-refractivity contribution in [1.82, 2.24) is 69.6 Å². The SMILES string of the molecule is Cc1cnc(N[C@H]2C[C@@H](O)CN(C(=O)OC(C)(C)C)C2)nc1-c1nn(C2CCCCO2)c2nc(-c3c(C)noc3C)ccc12.Cc1cnc(N[C@H]2C[C@@H](O)CN(Cc3ccccc3)C2)nc1-c1nn(C2CCCCO2)c2nc(-c3c(C)noc3C)ccc12. The van der Waals surface area contributed by atoms with Crippen molar-refractivity contribution in [3.63, 3.8) is 0 Å². The third-order valence-corrected chi connectivity index (χ3v) is 16.4. The average molecular weight is 1200 g/mol. The number of piperidine rings is 2. The van der Waals surface area contributed by atoms with Crippen LogP contribution in [-0.2, 0) is 20.8 Å². The Labute approximate surface area is 510 Å². The van der Waals surface area contributed by atoms with Gasteiger partial charge in [0.2, 0.25) is 11.9 Å². The predicted octanol–water partition coefficient (Wildman–Crippen LogP) is 10.2. The van der Waals surface area contributed by atoms with E-state index in [4.69, 9.17) is 53.4 Å². The molecule has 0 aliphatic carbocycles. The summed E-state index contributed by atoms with van der Waals surface area (Å²) in [6, 6.07) is 18.1. The molecule has 0 spiro atoms. The minimum absolute atomic E-state index is 0.00207. The van der Waals surface area contributed by atoms with Gasteiger partial charge in [0.1, 0.15) is 28.5 Å². The molecule has 462 valence electrons. The Hall–Kier alpha value is -8.29. The van der Waals surface area contributed by atoms with Crippen LogP contribution in [0.3, 0.4) is 0 Å². The summed E-state index contributed by atoms with van der Waals surface area (Å²) in [5.41, 5.74) is 11.5. The molecular weight excluding hydrogens is 1120 g/mol. The lowest BCUT2D eigenvalue weighted by Crippen LogP contribution is -2.52. The molecule has 24 nitrogen and oxygen atoms in total. The second-order valence-electron chi connectivity index (χ2n) is 24.7. The number of carbonyl (C=O) groups is 1. The van der Waals surface area contributed by atoms with Crippen LogP contribution < -0.4 is 10.6 Å². The second-order valence-corrected chi connectivity index (χ2v) is 24.7. The standard InChI is InChI=1S/C33H38N8O3.C31H40N8O5/c1-20-16-34-33(35-24-15-25(42)19-40(18-24)17-23-9-5-4-6-10-23)37-30(20)31-26-12-13-27(29-21(2)39-44-22(29)3)36-32(26)41(38-31)28-11-7-8-14-43-28;1-17-14-32-29(33-20-13-21(40)16-38(15-20)30(41)43-31(4,5)6)35-26(17)27-22-10-11-23(25-18(2)37-44-19(25)3)34-28(22)39(36-27)24-9-7-8-12-42-24/h4-6,9-10,12-13,16,24-25,28,42H,7-8,11,14-15,17-19H2,1-3H3,(H,34,35,37);10-11,14,20-21,24,40H,7-9,12-13,15-16H2,1-6H3,(H,32,33,35)/t24-,25+,28?;20-,21+,24?/m00/s1. The third kappa shape index (κ3) is 13.1. The van der Waals surface area contributed by atoms with Gasteiger partial charge in [0.25, 0.3) is 0 Å². The summed E-state index contributed by atoms with van der Waals surface area (Å²) >= 11 is 0. The number of ether oxygens (including phenoxy) is 3. The molecule has 8 aromatic heterocycles. The molecule has 1 aromatic carbocycles. The van der Waals surface area contributed by atoms with Crippen LogP contribution in [0.25, 0.3) is 67.4 Å². The van der Waals surface area contributed by atoms with Crippen molar-refractivity contribution in [2.75, 3.05) is 50.0 Å². The van der Waals surface area contributed by atoms with Crippen molar-refractivity contribution < 1.29 is 38.3 Å². The Bertz CT molecular complexity index is 3900. The number of aryl methyl sites for hydroxylation is 6. The monoisotopic (exact) mass is 1200 g/mol. The highest BCUT2D eigenvalue weighted by atomic mass is 16.6. The van der Waals surface area contributed by atoms with Crippen LogP contribution in [-0.4, -0.2) is 155 Å². The number of pyridine rings is 2. The topological polar surface area (TPSA) is 281 Å². The number of fused-ring (bicyclic) bond motifs is 2. The molecule has 4 saturated heterocycles. The van der Waals surface area contributed by atoms with Gasteiger partial charge in [-0.1, -0.05) is 40.6 Å². The summed E-state index contributed by atoms with van der Waals surface area (Å²) in [6.45, 7) is 21.1. The number of likely N-dealkylation sites (tertiary alicyclic amines) is 2. The number of amides is 1. The number of hydrogen-bond acceptors (Lipinski definition) is 21. The molecule has 4 aliphatic rings. The van der Waals surface area contributed by atoms with Crippen LogP contribution in [0.1, 0.15) is 124 Å². The Balaban J connectivity index is 0.000000171. The van der Waals surface area contributed by atoms with Gasteiger partial charge in [0.15, 0.2) is 23.8 Å². The lowest BCUT2D eigenvalue weighted by molar-refractivity contribution is -0.0369. The van der Waals surface area contributed by atoms with Crippen LogP contribution in [0.5, 0.6) is 0 Å². The van der Waals surface area contributed by atoms with Gasteiger partial charge >= 0.3 is 6.09 Å². The van der Waals surface area contributed by atoms with Gasteiger partial charge in [0, 0.05) is 74.6 Å². The van der Waals surface area contributed by atoms with Crippen molar-refractivity contribution in [3.8, 4) is 45.3 Å². The van der Waals surface area contributed by atoms with Crippen LogP contribution in [0.15, 0.2) is 76.0 Å². The predicted molar refractivity (Wildman–Crippen MR) is 330 cm³/mol. The molecular formula is C64H78N16O8. The van der Waals surface area contributed by atoms with E-state index in [1.165, 1.54) is 10.5 Å². The van der Waals surface area contributed by atoms with Crippen LogP contribution >= 0.6 is 0 Å². The first-order valence-corrected chi connectivity index (χ1v) is 30.6. The summed E-state index contributed by atoms with van der Waals surface area (Å²) in [7, 11) is 0. The first-order chi connectivity index (χ1) is 42.4. The normalized spacial score (nSPS) is 21.1. The average Bonchev–Trinajstić information content (AvgIpc) is 2.04. The number of aliphatic hydroxyl groups is 2. The number of benzene rings is 1. The maximum Gasteiger partial charge on any atom is 0.410 e. The van der Waals surface area contributed by atoms with Crippen LogP contribution in [0, 0.1) is 41.5 Å². The summed E-state index contributed by atoms with van der Waals surface area (Å²) in [5, 5.41) is 48.2. The van der Waals surface area contributed by atoms with Crippen molar-refractivity contribution in [2.24, 2.45) is 0 Å². The number of carbonyl (C=O) groups excluding carboxylic acids is 1. The molecule has 88 heavy (non-hydrogen) atoms. The van der Waals surface area contributed by atoms with Gasteiger partial charge in [-0.15, -0.1) is 0 Å². The quantitative estimate of drug-likeness (QED) is 0.0885. The molecule has 1 amide bonds. The zero-order valence-electron chi connectivity index (χ0n) is 51.5. The van der Waals surface area contributed by atoms with Gasteiger partial charge < -0.3 is 49.0 Å². The highest BCUT2D eigenvalue weighted by molar-refractivity contribution is 5.94. The third-order valence-electron chi connectivity index (χ3n) is 16.4. The van der Waals surface area contributed by atoms with Crippen molar-refractivity contribution in [1.29, 1.82) is 0 Å². The summed E-state index contributed by atoms with van der Waals surface area (Å²) in [6.07, 6.45) is 8.49. The lowest BCUT2D eigenvalue weighted by Gasteiger charge is -2.36. The second kappa shape index (κ2) is 25.4. The molecule has 12 heterocycles. The van der Waals surface area contributed by atoms with E-state index in [1.54, 1.807) is 6.20 Å². The molecule has 24 heteroatoms. The minimum atomic E-state index is -0.702. The van der Waals surface area contributed by atoms with Crippen molar-refractivity contribution >= 4 is 40.1 Å². The van der Waals surface area contributed by atoms with Gasteiger partial charge in [-0.3, -0.25) is 4.90 Å². The molecule has 4 aliphatic heterocycles. The minimum Gasteiger partial charge on any atom is -0.444 e. The fourth-order valence-electron chi connectivity index (χ4n) is 12.4. The molecule has 13 rings (SSSR count). The number of hydrogen-bond donors (Lipinski definition) is 4. The molecule has 9 aromatic rings. The number of nitrogens with one attached hydrogen (secondary N) is 2. The number of β-amino-alcohol motifs (C(OH)–C–C–N with tert-alkyl or cyclic N) is 2. The molecule has 4 fully saturated rings. The Morgan fingerprint density at radius 1 is 0.614 bits per heavy atom. The molecule has 6 atom stereocenters. The van der Waals surface area contributed by atoms with Gasteiger partial charge in [0.05, 0.1) is 64.0 Å². The largest absolute Gasteiger partial charge is 0.444 e. The number of aliphatic hydroxyl groups excluding tert-OH is 2. The Kier molecular flexibility index (Phi) is 17.3. The smallest absolute Gasteiger partial charge is 0.410 e. The zero-order chi connectivity index (χ0) is 61.4. The maximum atomic E-state index is 12.7. The van der Waals surface area contributed by atoms with E-state index in [2.05, 4.69) is 54.0 Å². The van der Waals surface area contributed by atoms with E-state index in [0.29, 0.717) is 73.8 Å². The van der Waals surface area contributed by atoms with Crippen molar-refractivity contribution in [2.45, 2.75) is 163 Å². The highest BCUT2D eigenvalue weighted by Crippen LogP contribution is 2.38. The van der Waals surface area contributed by atoms with Gasteiger partial charge in [-0.25, -0.2) is 44.1 Å². The van der Waals surface area contributed by atoms with E-state index in [0.717, 1.165) is 130 Å². The van der Waals surface area contributed by atoms with Crippen LogP contribution in [0.2, 0.25) is 0 Å². The van der Waals surface area contributed by atoms with E-state index >= 15 is 0 Å². The van der Waals surface area contributed by atoms with Crippen molar-refractivity contribution in [3.05, 3.63) is 107 Å². The number of anilines is 2. The molecule has 0 bridgehead atoms. The summed E-state index contributed by atoms with van der Waals surface area (Å²) in [5.74, 6) is 2.33. The van der Waals surface area contributed by atoms with E-state index < -0.39 is 23.9 Å². The molecule has 4 N–H and O–H groups in total. The molecule has 0 radical (unpaired) electrons. The summed E-state index contributed by atoms with van der Waals surface area (Å²) < 4.78 is 32.5. The summed E-state index contributed by atoms with van der Waals surface area (Å²) in [4.78, 5) is 45.7. The Morgan fingerprint density at radius 3 is 1.58 bits per heavy atom. The Morgan fingerprint density at radius 2 is 1.11 bits per heavy atom. The van der Waals surface area contributed by atoms with Gasteiger partial charge in [-0.2, -0.15) is 10.2 Å².